The number of nitrogens with one attached hydrogen (secondary N) is 1. The number of amides is 1. The smallest absolute Gasteiger partial charge is 0.241 e. The molecule has 0 bridgehead atoms. The van der Waals surface area contributed by atoms with Gasteiger partial charge in [0, 0.05) is 6.54 Å². The second-order valence-electron chi connectivity index (χ2n) is 5.98. The maximum absolute atomic E-state index is 12.1. The molecule has 1 aliphatic carbocycles. The molecule has 104 valence electrons. The Labute approximate surface area is 115 Å². The summed E-state index contributed by atoms with van der Waals surface area (Å²) in [7, 11) is 0. The van der Waals surface area contributed by atoms with Crippen molar-refractivity contribution in [2.45, 2.75) is 45.1 Å². The highest BCUT2D eigenvalue weighted by atomic mass is 16.2. The highest BCUT2D eigenvalue weighted by Gasteiger charge is 2.28. The summed E-state index contributed by atoms with van der Waals surface area (Å²) < 4.78 is 0. The van der Waals surface area contributed by atoms with E-state index in [9.17, 15) is 4.79 Å². The number of carbonyl (C=O) groups excluding carboxylic acids is 1. The van der Waals surface area contributed by atoms with Gasteiger partial charge in [-0.3, -0.25) is 4.79 Å². The largest absolute Gasteiger partial charge is 0.354 e. The van der Waals surface area contributed by atoms with Crippen LogP contribution < -0.4 is 11.1 Å². The van der Waals surface area contributed by atoms with Gasteiger partial charge in [-0.15, -0.1) is 0 Å². The molecule has 1 atom stereocenters. The first-order chi connectivity index (χ1) is 9.11. The molecule has 0 aromatic heterocycles. The molecule has 0 unspecified atom stereocenters. The molecule has 2 rings (SSSR count). The fourth-order valence-electron chi connectivity index (χ4n) is 2.80. The number of rotatable bonds is 4. The third kappa shape index (κ3) is 3.80. The lowest BCUT2D eigenvalue weighted by Gasteiger charge is -2.34. The monoisotopic (exact) mass is 260 g/mol. The number of benzene rings is 1. The van der Waals surface area contributed by atoms with Gasteiger partial charge in [-0.25, -0.2) is 0 Å². The van der Waals surface area contributed by atoms with Gasteiger partial charge < -0.3 is 11.1 Å². The van der Waals surface area contributed by atoms with Crippen molar-refractivity contribution in [3.8, 4) is 0 Å². The van der Waals surface area contributed by atoms with E-state index in [0.717, 1.165) is 12.1 Å². The van der Waals surface area contributed by atoms with E-state index < -0.39 is 6.04 Å². The highest BCUT2D eigenvalue weighted by molar-refractivity contribution is 5.82. The molecule has 3 heteroatoms. The Morgan fingerprint density at radius 3 is 2.53 bits per heavy atom. The molecule has 0 saturated heterocycles. The number of hydrogen-bond donors (Lipinski definition) is 2. The molecule has 1 aromatic carbocycles. The fraction of sp³-hybridized carbons (Fsp3) is 0.562. The van der Waals surface area contributed by atoms with Crippen LogP contribution in [0.2, 0.25) is 0 Å². The lowest BCUT2D eigenvalue weighted by molar-refractivity contribution is -0.123. The van der Waals surface area contributed by atoms with Gasteiger partial charge in [-0.05, 0) is 23.8 Å². The van der Waals surface area contributed by atoms with Crippen LogP contribution in [0.1, 0.15) is 50.6 Å². The standard InChI is InChI=1S/C16H24N2O/c1-16(10-6-3-7-11-16)12-18-15(19)14(17)13-8-4-2-5-9-13/h2,4-5,8-9,14H,3,6-7,10-12,17H2,1H3,(H,18,19)/t14-/m1/s1. The van der Waals surface area contributed by atoms with Gasteiger partial charge in [0.15, 0.2) is 0 Å². The Kier molecular flexibility index (Phi) is 4.59. The minimum absolute atomic E-state index is 0.0713. The van der Waals surface area contributed by atoms with E-state index in [1.807, 2.05) is 30.3 Å². The van der Waals surface area contributed by atoms with E-state index in [4.69, 9.17) is 5.73 Å². The molecule has 1 saturated carbocycles. The van der Waals surface area contributed by atoms with Gasteiger partial charge in [-0.1, -0.05) is 56.5 Å². The van der Waals surface area contributed by atoms with Crippen LogP contribution in [0.4, 0.5) is 0 Å². The second kappa shape index (κ2) is 6.20. The molecule has 0 radical (unpaired) electrons. The molecule has 1 amide bonds. The zero-order chi connectivity index (χ0) is 13.7. The topological polar surface area (TPSA) is 55.1 Å². The summed E-state index contributed by atoms with van der Waals surface area (Å²) in [6, 6.07) is 8.97. The van der Waals surface area contributed by atoms with Gasteiger partial charge in [0.25, 0.3) is 0 Å². The second-order valence-corrected chi connectivity index (χ2v) is 5.98. The number of nitrogens with two attached hydrogens (primary N) is 1. The van der Waals surface area contributed by atoms with E-state index in [1.54, 1.807) is 0 Å². The average Bonchev–Trinajstić information content (AvgIpc) is 2.46. The quantitative estimate of drug-likeness (QED) is 0.874. The minimum Gasteiger partial charge on any atom is -0.354 e. The van der Waals surface area contributed by atoms with Gasteiger partial charge in [0.05, 0.1) is 0 Å². The maximum atomic E-state index is 12.1. The SMILES string of the molecule is CC1(CNC(=O)[C@H](N)c2ccccc2)CCCCC1. The van der Waals surface area contributed by atoms with Crippen LogP contribution in [0.25, 0.3) is 0 Å². The zero-order valence-electron chi connectivity index (χ0n) is 11.7. The summed E-state index contributed by atoms with van der Waals surface area (Å²) in [5.74, 6) is -0.0713. The summed E-state index contributed by atoms with van der Waals surface area (Å²) in [5, 5.41) is 3.03. The summed E-state index contributed by atoms with van der Waals surface area (Å²) >= 11 is 0. The maximum Gasteiger partial charge on any atom is 0.241 e. The van der Waals surface area contributed by atoms with Crippen molar-refractivity contribution in [2.75, 3.05) is 6.54 Å². The third-order valence-electron chi connectivity index (χ3n) is 4.19. The molecular weight excluding hydrogens is 236 g/mol. The zero-order valence-corrected chi connectivity index (χ0v) is 11.7. The minimum atomic E-state index is -0.562. The molecule has 0 spiro atoms. The Bertz CT molecular complexity index is 410. The van der Waals surface area contributed by atoms with E-state index in [0.29, 0.717) is 0 Å². The van der Waals surface area contributed by atoms with Crippen LogP contribution in [-0.2, 0) is 4.79 Å². The Morgan fingerprint density at radius 2 is 1.89 bits per heavy atom. The average molecular weight is 260 g/mol. The van der Waals surface area contributed by atoms with Crippen molar-refractivity contribution in [1.29, 1.82) is 0 Å². The van der Waals surface area contributed by atoms with Crippen LogP contribution in [0.5, 0.6) is 0 Å². The van der Waals surface area contributed by atoms with Crippen LogP contribution in [0.3, 0.4) is 0 Å². The van der Waals surface area contributed by atoms with Gasteiger partial charge in [0.1, 0.15) is 6.04 Å². The molecule has 3 N–H and O–H groups in total. The molecule has 0 heterocycles. The van der Waals surface area contributed by atoms with E-state index in [2.05, 4.69) is 12.2 Å². The summed E-state index contributed by atoms with van der Waals surface area (Å²) in [5.41, 5.74) is 7.11. The van der Waals surface area contributed by atoms with Crippen molar-refractivity contribution < 1.29 is 4.79 Å². The lowest BCUT2D eigenvalue weighted by atomic mass is 9.75. The Hall–Kier alpha value is -1.35. The summed E-state index contributed by atoms with van der Waals surface area (Å²) in [6.45, 7) is 3.01. The van der Waals surface area contributed by atoms with Crippen LogP contribution in [0, 0.1) is 5.41 Å². The number of carbonyl (C=O) groups is 1. The molecule has 1 aliphatic rings. The molecule has 0 aliphatic heterocycles. The molecule has 3 nitrogen and oxygen atoms in total. The van der Waals surface area contributed by atoms with E-state index in [-0.39, 0.29) is 11.3 Å². The van der Waals surface area contributed by atoms with Gasteiger partial charge in [0.2, 0.25) is 5.91 Å². The van der Waals surface area contributed by atoms with Gasteiger partial charge >= 0.3 is 0 Å². The Balaban J connectivity index is 1.87. The van der Waals surface area contributed by atoms with Crippen LogP contribution in [-0.4, -0.2) is 12.5 Å². The van der Waals surface area contributed by atoms with E-state index in [1.165, 1.54) is 32.1 Å². The molecule has 1 fully saturated rings. The summed E-state index contributed by atoms with van der Waals surface area (Å²) in [4.78, 5) is 12.1. The lowest BCUT2D eigenvalue weighted by Crippen LogP contribution is -2.41. The molecule has 1 aromatic rings. The first-order valence-corrected chi connectivity index (χ1v) is 7.19. The summed E-state index contributed by atoms with van der Waals surface area (Å²) in [6.07, 6.45) is 6.28. The van der Waals surface area contributed by atoms with E-state index >= 15 is 0 Å². The Morgan fingerprint density at radius 1 is 1.26 bits per heavy atom. The fourth-order valence-corrected chi connectivity index (χ4v) is 2.80. The number of hydrogen-bond acceptors (Lipinski definition) is 2. The molecular formula is C16H24N2O. The van der Waals surface area contributed by atoms with Crippen molar-refractivity contribution in [3.63, 3.8) is 0 Å². The van der Waals surface area contributed by atoms with Crippen molar-refractivity contribution in [1.82, 2.24) is 5.32 Å². The first kappa shape index (κ1) is 14.1. The van der Waals surface area contributed by atoms with Crippen molar-refractivity contribution in [3.05, 3.63) is 35.9 Å². The predicted octanol–water partition coefficient (Wildman–Crippen LogP) is 2.77. The van der Waals surface area contributed by atoms with Crippen molar-refractivity contribution in [2.24, 2.45) is 11.1 Å². The van der Waals surface area contributed by atoms with Gasteiger partial charge in [-0.2, -0.15) is 0 Å². The molecule has 19 heavy (non-hydrogen) atoms. The highest BCUT2D eigenvalue weighted by Crippen LogP contribution is 2.34. The van der Waals surface area contributed by atoms with Crippen LogP contribution in [0.15, 0.2) is 30.3 Å². The first-order valence-electron chi connectivity index (χ1n) is 7.19. The van der Waals surface area contributed by atoms with Crippen molar-refractivity contribution >= 4 is 5.91 Å². The van der Waals surface area contributed by atoms with Crippen LogP contribution >= 0.6 is 0 Å². The predicted molar refractivity (Wildman–Crippen MR) is 77.6 cm³/mol. The third-order valence-corrected chi connectivity index (χ3v) is 4.19. The normalized spacial score (nSPS) is 19.7.